The molecule has 1 atom stereocenters. The maximum atomic E-state index is 12.7. The summed E-state index contributed by atoms with van der Waals surface area (Å²) in [5, 5.41) is 1.48. The fraction of sp³-hybridized carbons (Fsp3) is 0.368. The highest BCUT2D eigenvalue weighted by Crippen LogP contribution is 2.20. The molecule has 23 heavy (non-hydrogen) atoms. The van der Waals surface area contributed by atoms with Gasteiger partial charge in [-0.25, -0.2) is 0 Å². The third kappa shape index (κ3) is 3.22. The molecule has 3 rings (SSSR count). The Morgan fingerprint density at radius 2 is 2.09 bits per heavy atom. The lowest BCUT2D eigenvalue weighted by Crippen LogP contribution is -2.38. The molecule has 1 unspecified atom stereocenters. The standard InChI is InChI=1S/C19H20O3S/c1-3-12(2)16(20)11-22-13-8-9-18-15(10-13)19(21)14-6-4-5-7-17(14)23-18/h6-10,12H,3-5,11H2,1-2H3. The molecule has 0 bridgehead atoms. The zero-order chi connectivity index (χ0) is 16.4. The van der Waals surface area contributed by atoms with Crippen LogP contribution in [0.15, 0.2) is 23.0 Å². The highest BCUT2D eigenvalue weighted by Gasteiger charge is 2.12. The number of hydrogen-bond donors (Lipinski definition) is 0. The number of Topliss-reactive ketones (excluding diaryl/α,β-unsaturated/α-hetero) is 1. The quantitative estimate of drug-likeness (QED) is 0.847. The van der Waals surface area contributed by atoms with E-state index in [2.05, 4.69) is 6.08 Å². The number of carbonyl (C=O) groups excluding carboxylic acids is 1. The number of benzene rings is 1. The minimum atomic E-state index is 0.00454. The van der Waals surface area contributed by atoms with E-state index in [1.165, 1.54) is 0 Å². The van der Waals surface area contributed by atoms with Gasteiger partial charge in [-0.05, 0) is 37.5 Å². The Hall–Kier alpha value is -1.94. The molecular weight excluding hydrogens is 308 g/mol. The van der Waals surface area contributed by atoms with Gasteiger partial charge in [0.2, 0.25) is 0 Å². The van der Waals surface area contributed by atoms with Gasteiger partial charge in [0.25, 0.3) is 0 Å². The topological polar surface area (TPSA) is 43.4 Å². The fourth-order valence-electron chi connectivity index (χ4n) is 2.61. The summed E-state index contributed by atoms with van der Waals surface area (Å²) < 4.78 is 7.62. The maximum Gasteiger partial charge on any atom is 0.195 e. The van der Waals surface area contributed by atoms with Crippen LogP contribution < -0.4 is 19.9 Å². The average molecular weight is 328 g/mol. The normalized spacial score (nSPS) is 14.5. The first-order chi connectivity index (χ1) is 11.1. The summed E-state index contributed by atoms with van der Waals surface area (Å²) in [4.78, 5) is 24.5. The molecule has 1 heterocycles. The largest absolute Gasteiger partial charge is 0.486 e. The summed E-state index contributed by atoms with van der Waals surface area (Å²) >= 11 is 1.64. The molecular formula is C19H20O3S. The zero-order valence-corrected chi connectivity index (χ0v) is 14.2. The molecule has 0 fully saturated rings. The van der Waals surface area contributed by atoms with Gasteiger partial charge < -0.3 is 4.74 Å². The van der Waals surface area contributed by atoms with Crippen LogP contribution in [-0.4, -0.2) is 12.4 Å². The molecule has 2 aromatic rings. The van der Waals surface area contributed by atoms with Crippen molar-refractivity contribution in [2.45, 2.75) is 33.1 Å². The molecule has 0 radical (unpaired) electrons. The van der Waals surface area contributed by atoms with Crippen LogP contribution in [0.4, 0.5) is 0 Å². The Morgan fingerprint density at radius 1 is 1.30 bits per heavy atom. The van der Waals surface area contributed by atoms with Gasteiger partial charge in [-0.2, -0.15) is 0 Å². The molecule has 1 aromatic carbocycles. The van der Waals surface area contributed by atoms with E-state index in [4.69, 9.17) is 4.74 Å². The minimum Gasteiger partial charge on any atom is -0.486 e. The van der Waals surface area contributed by atoms with Crippen LogP contribution in [0.2, 0.25) is 0 Å². The number of ketones is 1. The first-order valence-electron chi connectivity index (χ1n) is 8.03. The van der Waals surface area contributed by atoms with E-state index in [0.29, 0.717) is 11.1 Å². The van der Waals surface area contributed by atoms with E-state index in [1.807, 2.05) is 32.1 Å². The highest BCUT2D eigenvalue weighted by molar-refractivity contribution is 7.16. The lowest BCUT2D eigenvalue weighted by atomic mass is 10.0. The summed E-state index contributed by atoms with van der Waals surface area (Å²) in [6, 6.07) is 5.51. The fourth-order valence-corrected chi connectivity index (χ4v) is 3.73. The Kier molecular flexibility index (Phi) is 4.62. The number of fused-ring (bicyclic) bond motifs is 2. The second kappa shape index (κ2) is 6.67. The number of rotatable bonds is 5. The molecule has 1 aromatic heterocycles. The molecule has 0 saturated carbocycles. The van der Waals surface area contributed by atoms with E-state index >= 15 is 0 Å². The first kappa shape index (κ1) is 15.9. The number of ether oxygens (including phenoxy) is 1. The summed E-state index contributed by atoms with van der Waals surface area (Å²) in [5.74, 6) is 0.675. The molecule has 0 aliphatic heterocycles. The van der Waals surface area contributed by atoms with Gasteiger partial charge in [0, 0.05) is 25.8 Å². The van der Waals surface area contributed by atoms with E-state index in [-0.39, 0.29) is 23.7 Å². The van der Waals surface area contributed by atoms with Gasteiger partial charge >= 0.3 is 0 Å². The summed E-state index contributed by atoms with van der Waals surface area (Å²) in [6.45, 7) is 3.95. The Labute approximate surface area is 138 Å². The molecule has 0 saturated heterocycles. The monoisotopic (exact) mass is 328 g/mol. The van der Waals surface area contributed by atoms with Crippen molar-refractivity contribution in [1.29, 1.82) is 0 Å². The maximum absolute atomic E-state index is 12.7. The minimum absolute atomic E-state index is 0.00454. The summed E-state index contributed by atoms with van der Waals surface area (Å²) in [5.41, 5.74) is 0.0587. The van der Waals surface area contributed by atoms with Crippen molar-refractivity contribution >= 4 is 39.4 Å². The predicted molar refractivity (Wildman–Crippen MR) is 95.5 cm³/mol. The van der Waals surface area contributed by atoms with Gasteiger partial charge in [0.1, 0.15) is 12.4 Å². The third-order valence-corrected chi connectivity index (χ3v) is 5.50. The molecule has 0 amide bonds. The van der Waals surface area contributed by atoms with Gasteiger partial charge in [-0.15, -0.1) is 11.3 Å². The highest BCUT2D eigenvalue weighted by atomic mass is 32.1. The van der Waals surface area contributed by atoms with E-state index in [1.54, 1.807) is 17.4 Å². The molecule has 0 spiro atoms. The molecule has 0 N–H and O–H groups in total. The van der Waals surface area contributed by atoms with Gasteiger partial charge in [0.05, 0.1) is 0 Å². The third-order valence-electron chi connectivity index (χ3n) is 4.31. The Morgan fingerprint density at radius 3 is 2.87 bits per heavy atom. The molecule has 4 heteroatoms. The van der Waals surface area contributed by atoms with Crippen molar-refractivity contribution in [1.82, 2.24) is 0 Å². The number of carbonyl (C=O) groups is 1. The second-order valence-electron chi connectivity index (χ2n) is 5.92. The van der Waals surface area contributed by atoms with Crippen LogP contribution >= 0.6 is 11.3 Å². The van der Waals surface area contributed by atoms with E-state index in [9.17, 15) is 9.59 Å². The number of hydrogen-bond acceptors (Lipinski definition) is 4. The van der Waals surface area contributed by atoms with Crippen LogP contribution in [0, 0.1) is 5.92 Å². The first-order valence-corrected chi connectivity index (χ1v) is 8.84. The van der Waals surface area contributed by atoms with Crippen LogP contribution in [0.5, 0.6) is 5.75 Å². The van der Waals surface area contributed by atoms with Crippen molar-refractivity contribution in [3.63, 3.8) is 0 Å². The van der Waals surface area contributed by atoms with Crippen LogP contribution in [-0.2, 0) is 4.79 Å². The van der Waals surface area contributed by atoms with E-state index < -0.39 is 0 Å². The van der Waals surface area contributed by atoms with Crippen LogP contribution in [0.3, 0.4) is 0 Å². The van der Waals surface area contributed by atoms with E-state index in [0.717, 1.165) is 33.7 Å². The molecule has 120 valence electrons. The van der Waals surface area contributed by atoms with Crippen LogP contribution in [0.1, 0.15) is 33.1 Å². The van der Waals surface area contributed by atoms with Crippen LogP contribution in [0.25, 0.3) is 22.2 Å². The van der Waals surface area contributed by atoms with Crippen molar-refractivity contribution < 1.29 is 9.53 Å². The van der Waals surface area contributed by atoms with Gasteiger partial charge in [-0.3, -0.25) is 9.59 Å². The van der Waals surface area contributed by atoms with Crippen molar-refractivity contribution in [3.8, 4) is 5.75 Å². The molecule has 1 aliphatic rings. The zero-order valence-electron chi connectivity index (χ0n) is 13.4. The van der Waals surface area contributed by atoms with Gasteiger partial charge in [-0.1, -0.05) is 26.0 Å². The van der Waals surface area contributed by atoms with Crippen molar-refractivity contribution in [3.05, 3.63) is 38.2 Å². The Bertz CT molecular complexity index is 924. The summed E-state index contributed by atoms with van der Waals surface area (Å²) in [6.07, 6.45) is 6.88. The Balaban J connectivity index is 1.95. The predicted octanol–water partition coefficient (Wildman–Crippen LogP) is 2.61. The lowest BCUT2D eigenvalue weighted by Gasteiger charge is -2.10. The van der Waals surface area contributed by atoms with Crippen molar-refractivity contribution in [2.24, 2.45) is 5.92 Å². The molecule has 3 nitrogen and oxygen atoms in total. The lowest BCUT2D eigenvalue weighted by molar-refractivity contribution is -0.124. The smallest absolute Gasteiger partial charge is 0.195 e. The molecule has 1 aliphatic carbocycles. The summed E-state index contributed by atoms with van der Waals surface area (Å²) in [7, 11) is 0. The van der Waals surface area contributed by atoms with Crippen molar-refractivity contribution in [2.75, 3.05) is 6.61 Å². The second-order valence-corrected chi connectivity index (χ2v) is 7.00. The average Bonchev–Trinajstić information content (AvgIpc) is 2.59. The SMILES string of the molecule is CCC(C)C(=O)COc1ccc2sc3c(c(=O)c2c1)=CCCC=3. The van der Waals surface area contributed by atoms with Gasteiger partial charge in [0.15, 0.2) is 11.2 Å².